The molecule has 0 radical (unpaired) electrons. The normalized spacial score (nSPS) is 15.1. The first kappa shape index (κ1) is 17.5. The number of hydrogen-bond donors (Lipinski definition) is 2. The number of benzene rings is 2. The van der Waals surface area contributed by atoms with Crippen molar-refractivity contribution < 1.29 is 9.90 Å². The monoisotopic (exact) mass is 363 g/mol. The number of aromatic carboxylic acids is 1. The first-order valence-corrected chi connectivity index (χ1v) is 9.05. The van der Waals surface area contributed by atoms with Crippen LogP contribution in [0.5, 0.6) is 0 Å². The Labute approximate surface area is 156 Å². The van der Waals surface area contributed by atoms with E-state index in [0.717, 1.165) is 26.2 Å². The molecule has 0 aliphatic carbocycles. The van der Waals surface area contributed by atoms with Crippen molar-refractivity contribution >= 4 is 16.7 Å². The zero-order chi connectivity index (χ0) is 18.8. The molecule has 2 N–H and O–H groups in total. The fourth-order valence-electron chi connectivity index (χ4n) is 3.72. The molecule has 1 aliphatic heterocycles. The molecule has 6 heteroatoms. The minimum atomic E-state index is -1.01. The fourth-order valence-corrected chi connectivity index (χ4v) is 3.72. The number of carboxylic acid groups (broad SMARTS) is 1. The second-order valence-corrected chi connectivity index (χ2v) is 6.67. The van der Waals surface area contributed by atoms with E-state index >= 15 is 0 Å². The lowest BCUT2D eigenvalue weighted by Gasteiger charge is -2.29. The highest BCUT2D eigenvalue weighted by atomic mass is 16.4. The third-order valence-electron chi connectivity index (χ3n) is 5.00. The van der Waals surface area contributed by atoms with E-state index in [1.165, 1.54) is 0 Å². The van der Waals surface area contributed by atoms with E-state index in [-0.39, 0.29) is 11.1 Å². The Bertz CT molecular complexity index is 1040. The maximum atomic E-state index is 13.3. The molecule has 4 rings (SSSR count). The van der Waals surface area contributed by atoms with E-state index in [1.807, 2.05) is 30.3 Å². The Kier molecular flexibility index (Phi) is 4.75. The van der Waals surface area contributed by atoms with Crippen molar-refractivity contribution in [3.8, 4) is 5.69 Å². The lowest BCUT2D eigenvalue weighted by Crippen LogP contribution is -2.44. The summed E-state index contributed by atoms with van der Waals surface area (Å²) < 4.78 is 1.56. The third-order valence-corrected chi connectivity index (χ3v) is 5.00. The lowest BCUT2D eigenvalue weighted by molar-refractivity contribution is 0.0695. The summed E-state index contributed by atoms with van der Waals surface area (Å²) in [4.78, 5) is 27.7. The summed E-state index contributed by atoms with van der Waals surface area (Å²) in [5.41, 5.74) is 1.22. The molecule has 0 bridgehead atoms. The van der Waals surface area contributed by atoms with Crippen molar-refractivity contribution in [1.29, 1.82) is 0 Å². The molecule has 2 heterocycles. The van der Waals surface area contributed by atoms with Crippen LogP contribution >= 0.6 is 0 Å². The summed E-state index contributed by atoms with van der Waals surface area (Å²) in [6, 6.07) is 16.2. The van der Waals surface area contributed by atoms with E-state index in [4.69, 9.17) is 0 Å². The Balaban J connectivity index is 2.03. The number of rotatable bonds is 4. The van der Waals surface area contributed by atoms with Gasteiger partial charge in [0.05, 0.1) is 11.3 Å². The summed E-state index contributed by atoms with van der Waals surface area (Å²) in [5, 5.41) is 14.2. The standard InChI is InChI=1S/C21H21N3O3/c25-20-17-9-5-4-8-16(17)19(21(26)27)18(14-23-12-10-22-11-13-23)24(20)15-6-2-1-3-7-15/h1-9,22H,10-14H2,(H,26,27). The van der Waals surface area contributed by atoms with Crippen molar-refractivity contribution in [3.05, 3.63) is 76.2 Å². The van der Waals surface area contributed by atoms with Crippen LogP contribution < -0.4 is 10.9 Å². The Morgan fingerprint density at radius 2 is 1.59 bits per heavy atom. The zero-order valence-electron chi connectivity index (χ0n) is 14.9. The van der Waals surface area contributed by atoms with E-state index < -0.39 is 5.97 Å². The highest BCUT2D eigenvalue weighted by molar-refractivity contribution is 6.04. The molecule has 1 fully saturated rings. The minimum absolute atomic E-state index is 0.188. The molecule has 2 aromatic carbocycles. The number of nitrogens with one attached hydrogen (secondary N) is 1. The Morgan fingerprint density at radius 1 is 0.963 bits per heavy atom. The highest BCUT2D eigenvalue weighted by Crippen LogP contribution is 2.24. The van der Waals surface area contributed by atoms with Gasteiger partial charge in [-0.05, 0) is 18.2 Å². The maximum absolute atomic E-state index is 13.3. The van der Waals surface area contributed by atoms with Crippen LogP contribution in [-0.4, -0.2) is 46.7 Å². The number of nitrogens with zero attached hydrogens (tertiary/aromatic N) is 2. The number of fused-ring (bicyclic) bond motifs is 1. The van der Waals surface area contributed by atoms with Crippen LogP contribution in [0.3, 0.4) is 0 Å². The highest BCUT2D eigenvalue weighted by Gasteiger charge is 2.24. The Morgan fingerprint density at radius 3 is 2.26 bits per heavy atom. The summed E-state index contributed by atoms with van der Waals surface area (Å²) in [5.74, 6) is -1.01. The minimum Gasteiger partial charge on any atom is -0.478 e. The van der Waals surface area contributed by atoms with E-state index in [1.54, 1.807) is 28.8 Å². The van der Waals surface area contributed by atoms with Gasteiger partial charge in [-0.2, -0.15) is 0 Å². The molecule has 0 atom stereocenters. The molecule has 0 saturated carbocycles. The molecule has 1 saturated heterocycles. The summed E-state index contributed by atoms with van der Waals surface area (Å²) in [7, 11) is 0. The average Bonchev–Trinajstić information content (AvgIpc) is 2.69. The predicted octanol–water partition coefficient (Wildman–Crippen LogP) is 2.09. The van der Waals surface area contributed by atoms with Crippen molar-refractivity contribution in [2.75, 3.05) is 26.2 Å². The van der Waals surface area contributed by atoms with Crippen LogP contribution in [0.2, 0.25) is 0 Å². The number of carbonyl (C=O) groups is 1. The summed E-state index contributed by atoms with van der Waals surface area (Å²) in [6.07, 6.45) is 0. The number of pyridine rings is 1. The van der Waals surface area contributed by atoms with Gasteiger partial charge >= 0.3 is 5.97 Å². The van der Waals surface area contributed by atoms with Gasteiger partial charge in [0.25, 0.3) is 5.56 Å². The number of aromatic nitrogens is 1. The molecule has 0 amide bonds. The van der Waals surface area contributed by atoms with Crippen molar-refractivity contribution in [3.63, 3.8) is 0 Å². The van der Waals surface area contributed by atoms with Gasteiger partial charge in [-0.25, -0.2) is 4.79 Å². The lowest BCUT2D eigenvalue weighted by atomic mass is 10.0. The van der Waals surface area contributed by atoms with Gasteiger partial charge in [0, 0.05) is 49.2 Å². The van der Waals surface area contributed by atoms with Crippen LogP contribution in [0.4, 0.5) is 0 Å². The number of hydrogen-bond acceptors (Lipinski definition) is 4. The molecular formula is C21H21N3O3. The van der Waals surface area contributed by atoms with Gasteiger partial charge in [-0.3, -0.25) is 14.3 Å². The first-order valence-electron chi connectivity index (χ1n) is 9.05. The van der Waals surface area contributed by atoms with Crippen molar-refractivity contribution in [2.45, 2.75) is 6.54 Å². The van der Waals surface area contributed by atoms with Crippen LogP contribution in [-0.2, 0) is 6.54 Å². The predicted molar refractivity (Wildman–Crippen MR) is 105 cm³/mol. The zero-order valence-corrected chi connectivity index (χ0v) is 14.9. The second kappa shape index (κ2) is 7.34. The molecule has 27 heavy (non-hydrogen) atoms. The number of carboxylic acids is 1. The summed E-state index contributed by atoms with van der Waals surface area (Å²) >= 11 is 0. The number of para-hydroxylation sites is 1. The van der Waals surface area contributed by atoms with Crippen molar-refractivity contribution in [1.82, 2.24) is 14.8 Å². The van der Waals surface area contributed by atoms with Gasteiger partial charge in [-0.15, -0.1) is 0 Å². The molecule has 3 aromatic rings. The quantitative estimate of drug-likeness (QED) is 0.743. The van der Waals surface area contributed by atoms with Crippen LogP contribution in [0, 0.1) is 0 Å². The third kappa shape index (κ3) is 3.25. The molecule has 0 unspecified atom stereocenters. The molecule has 1 aromatic heterocycles. The van der Waals surface area contributed by atoms with Gasteiger partial charge in [0.1, 0.15) is 0 Å². The summed E-state index contributed by atoms with van der Waals surface area (Å²) in [6.45, 7) is 3.75. The smallest absolute Gasteiger partial charge is 0.338 e. The fraction of sp³-hybridized carbons (Fsp3) is 0.238. The maximum Gasteiger partial charge on any atom is 0.338 e. The topological polar surface area (TPSA) is 74.6 Å². The average molecular weight is 363 g/mol. The van der Waals surface area contributed by atoms with Crippen LogP contribution in [0.15, 0.2) is 59.4 Å². The van der Waals surface area contributed by atoms with Gasteiger partial charge < -0.3 is 10.4 Å². The molecule has 1 aliphatic rings. The second-order valence-electron chi connectivity index (χ2n) is 6.67. The van der Waals surface area contributed by atoms with Gasteiger partial charge in [0.2, 0.25) is 0 Å². The number of piperazine rings is 1. The first-order chi connectivity index (χ1) is 13.2. The molecule has 138 valence electrons. The van der Waals surface area contributed by atoms with Gasteiger partial charge in [-0.1, -0.05) is 36.4 Å². The van der Waals surface area contributed by atoms with Crippen LogP contribution in [0.1, 0.15) is 16.1 Å². The van der Waals surface area contributed by atoms with Crippen molar-refractivity contribution in [2.24, 2.45) is 0 Å². The van der Waals surface area contributed by atoms with Gasteiger partial charge in [0.15, 0.2) is 0 Å². The molecule has 6 nitrogen and oxygen atoms in total. The SMILES string of the molecule is O=C(O)c1c(CN2CCNCC2)n(-c2ccccc2)c(=O)c2ccccc12. The molecular weight excluding hydrogens is 342 g/mol. The van der Waals surface area contributed by atoms with E-state index in [0.29, 0.717) is 28.7 Å². The Hall–Kier alpha value is -2.96. The largest absolute Gasteiger partial charge is 0.478 e. The molecule has 0 spiro atoms. The van der Waals surface area contributed by atoms with E-state index in [9.17, 15) is 14.7 Å². The van der Waals surface area contributed by atoms with Crippen LogP contribution in [0.25, 0.3) is 16.5 Å². The van der Waals surface area contributed by atoms with E-state index in [2.05, 4.69) is 10.2 Å².